The molecule has 1 aromatic carbocycles. The number of amides is 1. The van der Waals surface area contributed by atoms with Crippen LogP contribution in [0.3, 0.4) is 0 Å². The molecule has 3 heterocycles. The summed E-state index contributed by atoms with van der Waals surface area (Å²) >= 11 is 0. The van der Waals surface area contributed by atoms with Gasteiger partial charge in [0.25, 0.3) is 0 Å². The number of nitrogens with zero attached hydrogens (tertiary/aromatic N) is 1. The van der Waals surface area contributed by atoms with Gasteiger partial charge in [-0.1, -0.05) is 55.4 Å². The summed E-state index contributed by atoms with van der Waals surface area (Å²) in [6, 6.07) is 6.91. The Hall–Kier alpha value is -4.65. The monoisotopic (exact) mass is 621 g/mol. The van der Waals surface area contributed by atoms with Gasteiger partial charge in [-0.3, -0.25) is 4.79 Å². The number of benzene rings is 1. The van der Waals surface area contributed by atoms with Gasteiger partial charge in [0.05, 0.1) is 12.9 Å². The number of hydrogen-bond donors (Lipinski definition) is 1. The summed E-state index contributed by atoms with van der Waals surface area (Å²) < 4.78 is 19.3. The van der Waals surface area contributed by atoms with Crippen molar-refractivity contribution in [1.29, 1.82) is 0 Å². The first-order valence-corrected chi connectivity index (χ1v) is 16.2. The molecule has 7 nitrogen and oxygen atoms in total. The van der Waals surface area contributed by atoms with Gasteiger partial charge in [0.2, 0.25) is 11.7 Å². The van der Waals surface area contributed by atoms with Gasteiger partial charge in [-0.25, -0.2) is 9.37 Å². The molecular weight excluding hydrogens is 576 g/mol. The fourth-order valence-electron chi connectivity index (χ4n) is 6.17. The zero-order valence-electron chi connectivity index (χ0n) is 27.7. The zero-order chi connectivity index (χ0) is 32.7. The molecule has 7 heteroatoms. The largest absolute Gasteiger partial charge is 0.486 e. The molecular formula is C39H45N2O5+. The van der Waals surface area contributed by atoms with Crippen LogP contribution in [0.5, 0.6) is 5.75 Å². The molecule has 0 saturated carbocycles. The lowest BCUT2D eigenvalue weighted by molar-refractivity contribution is -0.524. The maximum atomic E-state index is 12.6. The van der Waals surface area contributed by atoms with Crippen LogP contribution in [0.25, 0.3) is 21.9 Å². The smallest absolute Gasteiger partial charge is 0.336 e. The highest BCUT2D eigenvalue weighted by Crippen LogP contribution is 2.41. The summed E-state index contributed by atoms with van der Waals surface area (Å²) in [6.45, 7) is 13.0. The highest BCUT2D eigenvalue weighted by Gasteiger charge is 2.26. The van der Waals surface area contributed by atoms with E-state index in [1.165, 1.54) is 42.0 Å². The molecule has 0 spiro atoms. The standard InChI is InChI=1S/C39H44N2O5/c1-27(12-14-33-29(3)11-7-19-39(33,4)5)9-6-10-28(2)25-34(42)40-32-16-21-41(22-17-32)20-8-23-44-38-36-31(18-24-45-36)26-30-13-15-35(43)46-37(30)38/h6,9-10,12-16,18,21,24-26H,7-8,11,17,19-20,22-23H2,1-5H3/p+1/b10-6+,14-12+,27-9+,28-25+. The lowest BCUT2D eigenvalue weighted by Crippen LogP contribution is -2.28. The molecule has 0 radical (unpaired) electrons. The Labute approximate surface area is 271 Å². The molecule has 0 bridgehead atoms. The SMILES string of the molecule is CC1=C(/C=C/C(C)=C/C=C/C(C)=C/C(=O)NC2=CC=[N+](CCCOc3c4occc4cc4ccc(=O)oc34)CC2)C(C)(C)CCC1. The molecule has 5 rings (SSSR count). The first kappa shape index (κ1) is 32.7. The Balaban J connectivity index is 1.09. The van der Waals surface area contributed by atoms with Gasteiger partial charge in [0, 0.05) is 47.5 Å². The first-order chi connectivity index (χ1) is 22.1. The van der Waals surface area contributed by atoms with Crippen LogP contribution in [-0.4, -0.2) is 36.4 Å². The highest BCUT2D eigenvalue weighted by molar-refractivity contribution is 6.00. The van der Waals surface area contributed by atoms with Crippen LogP contribution in [0, 0.1) is 5.41 Å². The third-order valence-electron chi connectivity index (χ3n) is 8.69. The molecule has 1 amide bonds. The fourth-order valence-corrected chi connectivity index (χ4v) is 6.17. The van der Waals surface area contributed by atoms with E-state index in [-0.39, 0.29) is 11.3 Å². The Morgan fingerprint density at radius 2 is 1.91 bits per heavy atom. The second-order valence-electron chi connectivity index (χ2n) is 13.0. The lowest BCUT2D eigenvalue weighted by atomic mass is 9.72. The predicted molar refractivity (Wildman–Crippen MR) is 185 cm³/mol. The summed E-state index contributed by atoms with van der Waals surface area (Å²) in [7, 11) is 0. The van der Waals surface area contributed by atoms with Crippen molar-refractivity contribution in [2.45, 2.75) is 66.7 Å². The summed E-state index contributed by atoms with van der Waals surface area (Å²) in [5.41, 5.74) is 6.68. The third kappa shape index (κ3) is 8.33. The van der Waals surface area contributed by atoms with Crippen LogP contribution < -0.4 is 15.7 Å². The van der Waals surface area contributed by atoms with Crippen LogP contribution in [0.2, 0.25) is 0 Å². The number of allylic oxidation sites excluding steroid dienone is 10. The lowest BCUT2D eigenvalue weighted by Gasteiger charge is -2.32. The molecule has 2 aromatic heterocycles. The molecule has 0 saturated heterocycles. The molecule has 0 atom stereocenters. The van der Waals surface area contributed by atoms with Gasteiger partial charge < -0.3 is 18.9 Å². The second kappa shape index (κ2) is 14.6. The number of carbonyl (C=O) groups is 1. The third-order valence-corrected chi connectivity index (χ3v) is 8.69. The molecule has 1 aliphatic carbocycles. The highest BCUT2D eigenvalue weighted by atomic mass is 16.5. The Morgan fingerprint density at radius 3 is 2.70 bits per heavy atom. The van der Waals surface area contributed by atoms with Crippen LogP contribution in [-0.2, 0) is 4.79 Å². The first-order valence-electron chi connectivity index (χ1n) is 16.2. The van der Waals surface area contributed by atoms with Gasteiger partial charge in [0.15, 0.2) is 17.4 Å². The summed E-state index contributed by atoms with van der Waals surface area (Å²) in [6.07, 6.45) is 22.9. The zero-order valence-corrected chi connectivity index (χ0v) is 27.7. The molecule has 1 N–H and O–H groups in total. The average molecular weight is 622 g/mol. The topological polar surface area (TPSA) is 84.7 Å². The maximum absolute atomic E-state index is 12.6. The Kier molecular flexibility index (Phi) is 10.4. The Morgan fingerprint density at radius 1 is 1.09 bits per heavy atom. The maximum Gasteiger partial charge on any atom is 0.336 e. The van der Waals surface area contributed by atoms with Crippen molar-refractivity contribution >= 4 is 34.1 Å². The minimum absolute atomic E-state index is 0.128. The van der Waals surface area contributed by atoms with E-state index < -0.39 is 5.63 Å². The minimum Gasteiger partial charge on any atom is -0.486 e. The van der Waals surface area contributed by atoms with Crippen molar-refractivity contribution in [2.24, 2.45) is 5.41 Å². The van der Waals surface area contributed by atoms with E-state index in [0.717, 1.165) is 48.0 Å². The van der Waals surface area contributed by atoms with Gasteiger partial charge in [-0.15, -0.1) is 0 Å². The number of ether oxygens (including phenoxy) is 1. The fraction of sp³-hybridized carbons (Fsp3) is 0.359. The van der Waals surface area contributed by atoms with Gasteiger partial charge >= 0.3 is 5.63 Å². The molecule has 0 unspecified atom stereocenters. The average Bonchev–Trinajstić information content (AvgIpc) is 3.47. The summed E-state index contributed by atoms with van der Waals surface area (Å²) in [4.78, 5) is 24.5. The van der Waals surface area contributed by atoms with Crippen LogP contribution >= 0.6 is 0 Å². The van der Waals surface area contributed by atoms with Gasteiger partial charge in [0.1, 0.15) is 13.1 Å². The molecule has 3 aromatic rings. The number of hydrogen-bond acceptors (Lipinski definition) is 5. The van der Waals surface area contributed by atoms with Crippen molar-refractivity contribution in [3.8, 4) is 5.75 Å². The van der Waals surface area contributed by atoms with Crippen molar-refractivity contribution < 1.29 is 22.9 Å². The minimum atomic E-state index is -0.430. The van der Waals surface area contributed by atoms with Gasteiger partial charge in [-0.05, 0) is 74.8 Å². The quantitative estimate of drug-likeness (QED) is 0.0765. The molecule has 240 valence electrons. The number of nitrogens with one attached hydrogen (secondary N) is 1. The van der Waals surface area contributed by atoms with E-state index in [1.807, 2.05) is 43.5 Å². The summed E-state index contributed by atoms with van der Waals surface area (Å²) in [5, 5.41) is 4.69. The van der Waals surface area contributed by atoms with E-state index in [9.17, 15) is 9.59 Å². The van der Waals surface area contributed by atoms with Crippen LogP contribution in [0.4, 0.5) is 0 Å². The normalized spacial score (nSPS) is 17.7. The van der Waals surface area contributed by atoms with E-state index >= 15 is 0 Å². The van der Waals surface area contributed by atoms with Gasteiger partial charge in [-0.2, -0.15) is 0 Å². The van der Waals surface area contributed by atoms with E-state index in [2.05, 4.69) is 55.8 Å². The molecule has 2 aliphatic rings. The van der Waals surface area contributed by atoms with E-state index in [4.69, 9.17) is 13.6 Å². The number of fused-ring (bicyclic) bond motifs is 2. The van der Waals surface area contributed by atoms with Crippen molar-refractivity contribution in [2.75, 3.05) is 19.7 Å². The van der Waals surface area contributed by atoms with Crippen LogP contribution in [0.1, 0.15) is 66.7 Å². The second-order valence-corrected chi connectivity index (χ2v) is 13.0. The van der Waals surface area contributed by atoms with Crippen LogP contribution in [0.15, 0.2) is 115 Å². The molecule has 0 fully saturated rings. The van der Waals surface area contributed by atoms with E-state index in [0.29, 0.717) is 23.5 Å². The predicted octanol–water partition coefficient (Wildman–Crippen LogP) is 8.33. The molecule has 1 aliphatic heterocycles. The number of rotatable bonds is 11. The Bertz CT molecular complexity index is 1890. The summed E-state index contributed by atoms with van der Waals surface area (Å²) in [5.74, 6) is 0.327. The number of furan rings is 1. The van der Waals surface area contributed by atoms with E-state index in [1.54, 1.807) is 18.4 Å². The van der Waals surface area contributed by atoms with Crippen molar-refractivity contribution in [3.63, 3.8) is 0 Å². The number of carbonyl (C=O) groups excluding carboxylic acids is 1. The van der Waals surface area contributed by atoms with Crippen molar-refractivity contribution in [1.82, 2.24) is 5.32 Å². The molecule has 46 heavy (non-hydrogen) atoms. The van der Waals surface area contributed by atoms with Crippen molar-refractivity contribution in [3.05, 3.63) is 111 Å².